The monoisotopic (exact) mass is 328 g/mol. The standard InChI is InChI=1S/C14H21BrN2S/c1-10-3-4-12(13(15)7-10)14(8-16)17-5-6-18-9-11(17)2/h3-4,7,11,14H,5-6,8-9,16H2,1-2H3. The van der Waals surface area contributed by atoms with Crippen LogP contribution in [0.3, 0.4) is 0 Å². The topological polar surface area (TPSA) is 29.3 Å². The normalized spacial score (nSPS) is 23.0. The quantitative estimate of drug-likeness (QED) is 0.923. The summed E-state index contributed by atoms with van der Waals surface area (Å²) in [5.41, 5.74) is 8.64. The van der Waals surface area contributed by atoms with Gasteiger partial charge >= 0.3 is 0 Å². The lowest BCUT2D eigenvalue weighted by atomic mass is 10.0. The van der Waals surface area contributed by atoms with Crippen molar-refractivity contribution in [2.45, 2.75) is 25.9 Å². The van der Waals surface area contributed by atoms with Crippen molar-refractivity contribution in [2.24, 2.45) is 5.73 Å². The van der Waals surface area contributed by atoms with Crippen molar-refractivity contribution in [3.8, 4) is 0 Å². The van der Waals surface area contributed by atoms with Crippen LogP contribution >= 0.6 is 27.7 Å². The maximum absolute atomic E-state index is 6.04. The van der Waals surface area contributed by atoms with Gasteiger partial charge in [-0.15, -0.1) is 0 Å². The summed E-state index contributed by atoms with van der Waals surface area (Å²) in [5, 5.41) is 0. The summed E-state index contributed by atoms with van der Waals surface area (Å²) in [6.45, 7) is 6.23. The summed E-state index contributed by atoms with van der Waals surface area (Å²) in [4.78, 5) is 2.55. The van der Waals surface area contributed by atoms with E-state index in [0.717, 1.165) is 6.54 Å². The van der Waals surface area contributed by atoms with Crippen molar-refractivity contribution in [1.29, 1.82) is 0 Å². The van der Waals surface area contributed by atoms with Gasteiger partial charge in [0, 0.05) is 41.2 Å². The van der Waals surface area contributed by atoms with Crippen molar-refractivity contribution in [2.75, 3.05) is 24.6 Å². The molecule has 1 aliphatic rings. The molecule has 18 heavy (non-hydrogen) atoms. The molecule has 0 saturated carbocycles. The van der Waals surface area contributed by atoms with E-state index in [1.807, 2.05) is 11.8 Å². The Morgan fingerprint density at radius 1 is 1.56 bits per heavy atom. The van der Waals surface area contributed by atoms with E-state index in [2.05, 4.69) is 52.9 Å². The van der Waals surface area contributed by atoms with Crippen LogP contribution in [0.2, 0.25) is 0 Å². The molecule has 2 nitrogen and oxygen atoms in total. The van der Waals surface area contributed by atoms with Crippen molar-refractivity contribution in [3.05, 3.63) is 33.8 Å². The summed E-state index contributed by atoms with van der Waals surface area (Å²) in [7, 11) is 0. The Hall–Kier alpha value is -0.0300. The number of hydrogen-bond donors (Lipinski definition) is 1. The van der Waals surface area contributed by atoms with E-state index in [9.17, 15) is 0 Å². The minimum atomic E-state index is 0.330. The molecule has 1 aromatic carbocycles. The molecule has 2 N–H and O–H groups in total. The van der Waals surface area contributed by atoms with E-state index in [1.165, 1.54) is 27.1 Å². The third-order valence-corrected chi connectivity index (χ3v) is 5.43. The van der Waals surface area contributed by atoms with Gasteiger partial charge in [0.1, 0.15) is 0 Å². The van der Waals surface area contributed by atoms with Gasteiger partial charge in [0.2, 0.25) is 0 Å². The van der Waals surface area contributed by atoms with Gasteiger partial charge in [-0.1, -0.05) is 28.1 Å². The highest BCUT2D eigenvalue weighted by molar-refractivity contribution is 9.10. The van der Waals surface area contributed by atoms with Gasteiger partial charge in [-0.2, -0.15) is 11.8 Å². The van der Waals surface area contributed by atoms with Gasteiger partial charge in [0.25, 0.3) is 0 Å². The lowest BCUT2D eigenvalue weighted by Crippen LogP contribution is -2.45. The van der Waals surface area contributed by atoms with Crippen molar-refractivity contribution in [1.82, 2.24) is 4.90 Å². The summed E-state index contributed by atoms with van der Waals surface area (Å²) in [6, 6.07) is 7.50. The fraction of sp³-hybridized carbons (Fsp3) is 0.571. The molecule has 1 saturated heterocycles. The maximum Gasteiger partial charge on any atom is 0.0485 e. The number of benzene rings is 1. The van der Waals surface area contributed by atoms with Gasteiger partial charge in [0.05, 0.1) is 0 Å². The van der Waals surface area contributed by atoms with E-state index in [1.54, 1.807) is 0 Å². The van der Waals surface area contributed by atoms with Crippen LogP contribution in [0.25, 0.3) is 0 Å². The molecular formula is C14H21BrN2S. The molecule has 1 aromatic rings. The molecule has 0 aliphatic carbocycles. The van der Waals surface area contributed by atoms with E-state index >= 15 is 0 Å². The molecular weight excluding hydrogens is 308 g/mol. The first-order valence-corrected chi connectivity index (χ1v) is 8.38. The zero-order valence-electron chi connectivity index (χ0n) is 11.0. The Balaban J connectivity index is 2.26. The second-order valence-corrected chi connectivity index (χ2v) is 6.94. The smallest absolute Gasteiger partial charge is 0.0485 e. The van der Waals surface area contributed by atoms with Crippen LogP contribution in [0.4, 0.5) is 0 Å². The molecule has 0 bridgehead atoms. The zero-order chi connectivity index (χ0) is 13.1. The molecule has 0 aromatic heterocycles. The minimum Gasteiger partial charge on any atom is -0.329 e. The molecule has 100 valence electrons. The molecule has 1 heterocycles. The first-order valence-electron chi connectivity index (χ1n) is 6.43. The van der Waals surface area contributed by atoms with Crippen LogP contribution in [-0.2, 0) is 0 Å². The predicted octanol–water partition coefficient (Wildman–Crippen LogP) is 3.19. The van der Waals surface area contributed by atoms with E-state index in [4.69, 9.17) is 5.73 Å². The largest absolute Gasteiger partial charge is 0.329 e. The number of nitrogens with zero attached hydrogens (tertiary/aromatic N) is 1. The summed E-state index contributed by atoms with van der Waals surface area (Å²) >= 11 is 5.73. The number of aryl methyl sites for hydroxylation is 1. The van der Waals surface area contributed by atoms with E-state index < -0.39 is 0 Å². The number of nitrogens with two attached hydrogens (primary N) is 1. The third kappa shape index (κ3) is 3.10. The van der Waals surface area contributed by atoms with Crippen molar-refractivity contribution < 1.29 is 0 Å². The van der Waals surface area contributed by atoms with Gasteiger partial charge in [-0.05, 0) is 31.0 Å². The molecule has 2 rings (SSSR count). The lowest BCUT2D eigenvalue weighted by Gasteiger charge is -2.39. The van der Waals surface area contributed by atoms with Crippen LogP contribution in [0.5, 0.6) is 0 Å². The lowest BCUT2D eigenvalue weighted by molar-refractivity contribution is 0.165. The molecule has 0 amide bonds. The Labute approximate surface area is 122 Å². The highest BCUT2D eigenvalue weighted by atomic mass is 79.9. The van der Waals surface area contributed by atoms with Crippen LogP contribution in [-0.4, -0.2) is 35.5 Å². The minimum absolute atomic E-state index is 0.330. The Bertz CT molecular complexity index is 411. The maximum atomic E-state index is 6.04. The molecule has 4 heteroatoms. The van der Waals surface area contributed by atoms with E-state index in [-0.39, 0.29) is 0 Å². The molecule has 0 radical (unpaired) electrons. The Morgan fingerprint density at radius 3 is 2.94 bits per heavy atom. The summed E-state index contributed by atoms with van der Waals surface area (Å²) in [6.07, 6.45) is 0. The van der Waals surface area contributed by atoms with Crippen LogP contribution in [0.1, 0.15) is 24.1 Å². The number of hydrogen-bond acceptors (Lipinski definition) is 3. The number of thioether (sulfide) groups is 1. The molecule has 1 fully saturated rings. The number of rotatable bonds is 3. The average molecular weight is 329 g/mol. The van der Waals surface area contributed by atoms with Gasteiger partial charge in [-0.3, -0.25) is 4.90 Å². The zero-order valence-corrected chi connectivity index (χ0v) is 13.4. The Kier molecular flexibility index (Phi) is 5.13. The molecule has 2 atom stereocenters. The highest BCUT2D eigenvalue weighted by Crippen LogP contribution is 2.31. The second kappa shape index (κ2) is 6.42. The van der Waals surface area contributed by atoms with Gasteiger partial charge in [0.15, 0.2) is 0 Å². The highest BCUT2D eigenvalue weighted by Gasteiger charge is 2.27. The summed E-state index contributed by atoms with van der Waals surface area (Å²) < 4.78 is 1.18. The fourth-order valence-corrected chi connectivity index (χ4v) is 4.34. The first kappa shape index (κ1) is 14.4. The van der Waals surface area contributed by atoms with Crippen LogP contribution in [0, 0.1) is 6.92 Å². The Morgan fingerprint density at radius 2 is 2.33 bits per heavy atom. The van der Waals surface area contributed by atoms with E-state index in [0.29, 0.717) is 18.6 Å². The second-order valence-electron chi connectivity index (χ2n) is 4.94. The number of halogens is 1. The van der Waals surface area contributed by atoms with Crippen LogP contribution < -0.4 is 5.73 Å². The van der Waals surface area contributed by atoms with Gasteiger partial charge < -0.3 is 5.73 Å². The third-order valence-electron chi connectivity index (χ3n) is 3.56. The fourth-order valence-electron chi connectivity index (χ4n) is 2.55. The first-order chi connectivity index (χ1) is 8.63. The average Bonchev–Trinajstić information content (AvgIpc) is 2.34. The summed E-state index contributed by atoms with van der Waals surface area (Å²) in [5.74, 6) is 2.42. The van der Waals surface area contributed by atoms with Crippen molar-refractivity contribution in [3.63, 3.8) is 0 Å². The molecule has 2 unspecified atom stereocenters. The predicted molar refractivity (Wildman–Crippen MR) is 84.2 cm³/mol. The van der Waals surface area contributed by atoms with Crippen LogP contribution in [0.15, 0.2) is 22.7 Å². The SMILES string of the molecule is Cc1ccc(C(CN)N2CCSCC2C)c(Br)c1. The molecule has 1 aliphatic heterocycles. The van der Waals surface area contributed by atoms with Crippen molar-refractivity contribution >= 4 is 27.7 Å². The molecule has 0 spiro atoms. The van der Waals surface area contributed by atoms with Gasteiger partial charge in [-0.25, -0.2) is 0 Å².